The van der Waals surface area contributed by atoms with Crippen molar-refractivity contribution in [3.8, 4) is 0 Å². The Morgan fingerprint density at radius 3 is 2.56 bits per heavy atom. The summed E-state index contributed by atoms with van der Waals surface area (Å²) in [6, 6.07) is 1.45. The standard InChI is InChI=1S/C6H13N3/c1-2-8-6-4-9-5(6)3-7-1/h5-9H,1-4H2. The number of hydrogen-bond acceptors (Lipinski definition) is 3. The topological polar surface area (TPSA) is 36.1 Å². The quantitative estimate of drug-likeness (QED) is 0.371. The third-order valence-corrected chi connectivity index (χ3v) is 2.16. The van der Waals surface area contributed by atoms with Crippen molar-refractivity contribution in [2.75, 3.05) is 26.2 Å². The molecule has 0 aromatic heterocycles. The molecule has 3 heteroatoms. The van der Waals surface area contributed by atoms with E-state index < -0.39 is 0 Å². The van der Waals surface area contributed by atoms with Crippen LogP contribution in [0.25, 0.3) is 0 Å². The Hall–Kier alpha value is -0.120. The lowest BCUT2D eigenvalue weighted by molar-refractivity contribution is 0.278. The van der Waals surface area contributed by atoms with Gasteiger partial charge >= 0.3 is 0 Å². The Kier molecular flexibility index (Phi) is 1.41. The average Bonchev–Trinajstić information content (AvgIpc) is 1.94. The van der Waals surface area contributed by atoms with Crippen LogP contribution in [0.5, 0.6) is 0 Å². The van der Waals surface area contributed by atoms with Crippen LogP contribution in [0, 0.1) is 0 Å². The molecule has 0 spiro atoms. The van der Waals surface area contributed by atoms with E-state index in [0.717, 1.165) is 32.2 Å². The number of hydrogen-bond donors (Lipinski definition) is 3. The first kappa shape index (κ1) is 5.65. The van der Waals surface area contributed by atoms with E-state index >= 15 is 0 Å². The molecule has 0 aromatic carbocycles. The predicted octanol–water partition coefficient (Wildman–Crippen LogP) is -1.48. The fraction of sp³-hybridized carbons (Fsp3) is 1.00. The summed E-state index contributed by atoms with van der Waals surface area (Å²) in [5.74, 6) is 0. The molecular weight excluding hydrogens is 114 g/mol. The van der Waals surface area contributed by atoms with Gasteiger partial charge in [0.1, 0.15) is 0 Å². The van der Waals surface area contributed by atoms with Crippen molar-refractivity contribution < 1.29 is 0 Å². The highest BCUT2D eigenvalue weighted by molar-refractivity contribution is 4.96. The maximum atomic E-state index is 3.46. The summed E-state index contributed by atoms with van der Waals surface area (Å²) in [4.78, 5) is 0. The third kappa shape index (κ3) is 0.956. The highest BCUT2D eigenvalue weighted by atomic mass is 15.2. The van der Waals surface area contributed by atoms with Gasteiger partial charge < -0.3 is 16.0 Å². The first-order valence-corrected chi connectivity index (χ1v) is 3.64. The molecule has 52 valence electrons. The monoisotopic (exact) mass is 127 g/mol. The van der Waals surface area contributed by atoms with Gasteiger partial charge in [0, 0.05) is 38.3 Å². The van der Waals surface area contributed by atoms with Crippen molar-refractivity contribution in [3.63, 3.8) is 0 Å². The Morgan fingerprint density at radius 1 is 0.889 bits per heavy atom. The minimum atomic E-state index is 0.701. The van der Waals surface area contributed by atoms with E-state index in [0.29, 0.717) is 6.04 Å². The van der Waals surface area contributed by atoms with Gasteiger partial charge in [0.15, 0.2) is 0 Å². The van der Waals surface area contributed by atoms with Crippen molar-refractivity contribution in [2.24, 2.45) is 0 Å². The molecule has 2 atom stereocenters. The number of nitrogens with one attached hydrogen (secondary N) is 3. The van der Waals surface area contributed by atoms with Crippen LogP contribution in [0.15, 0.2) is 0 Å². The Morgan fingerprint density at radius 2 is 1.78 bits per heavy atom. The Labute approximate surface area is 55.2 Å². The van der Waals surface area contributed by atoms with Gasteiger partial charge in [-0.05, 0) is 0 Å². The van der Waals surface area contributed by atoms with Crippen molar-refractivity contribution in [2.45, 2.75) is 12.1 Å². The minimum Gasteiger partial charge on any atom is -0.314 e. The molecule has 3 nitrogen and oxygen atoms in total. The summed E-state index contributed by atoms with van der Waals surface area (Å²) in [7, 11) is 0. The SMILES string of the molecule is C1CNC2CNC2CN1. The fourth-order valence-electron chi connectivity index (χ4n) is 1.43. The molecule has 3 N–H and O–H groups in total. The highest BCUT2D eigenvalue weighted by Crippen LogP contribution is 2.03. The van der Waals surface area contributed by atoms with Gasteiger partial charge in [0.25, 0.3) is 0 Å². The maximum absolute atomic E-state index is 3.46. The van der Waals surface area contributed by atoms with E-state index in [1.54, 1.807) is 0 Å². The van der Waals surface area contributed by atoms with Gasteiger partial charge in [0.2, 0.25) is 0 Å². The molecule has 2 aliphatic rings. The molecule has 2 heterocycles. The zero-order valence-corrected chi connectivity index (χ0v) is 5.48. The number of fused-ring (bicyclic) bond motifs is 1. The summed E-state index contributed by atoms with van der Waals surface area (Å²) < 4.78 is 0. The lowest BCUT2D eigenvalue weighted by Gasteiger charge is -2.36. The molecule has 2 fully saturated rings. The van der Waals surface area contributed by atoms with Gasteiger partial charge in [-0.1, -0.05) is 0 Å². The molecule has 0 amide bonds. The highest BCUT2D eigenvalue weighted by Gasteiger charge is 2.30. The molecule has 0 bridgehead atoms. The van der Waals surface area contributed by atoms with Gasteiger partial charge in [-0.2, -0.15) is 0 Å². The first-order chi connectivity index (χ1) is 4.47. The van der Waals surface area contributed by atoms with Crippen LogP contribution < -0.4 is 16.0 Å². The van der Waals surface area contributed by atoms with E-state index in [4.69, 9.17) is 0 Å². The zero-order chi connectivity index (χ0) is 6.10. The summed E-state index contributed by atoms with van der Waals surface area (Å²) in [5, 5.41) is 10.2. The second-order valence-corrected chi connectivity index (χ2v) is 2.78. The molecule has 2 aliphatic heterocycles. The van der Waals surface area contributed by atoms with E-state index in [1.165, 1.54) is 0 Å². The van der Waals surface area contributed by atoms with E-state index in [1.807, 2.05) is 0 Å². The van der Waals surface area contributed by atoms with Crippen LogP contribution in [-0.2, 0) is 0 Å². The Bertz CT molecular complexity index is 92.5. The molecule has 0 aromatic rings. The summed E-state index contributed by atoms with van der Waals surface area (Å²) in [5.41, 5.74) is 0. The average molecular weight is 127 g/mol. The molecule has 0 saturated carbocycles. The van der Waals surface area contributed by atoms with Gasteiger partial charge in [-0.25, -0.2) is 0 Å². The molecule has 9 heavy (non-hydrogen) atoms. The smallest absolute Gasteiger partial charge is 0.0359 e. The lowest BCUT2D eigenvalue weighted by atomic mass is 10.0. The zero-order valence-electron chi connectivity index (χ0n) is 5.48. The van der Waals surface area contributed by atoms with Gasteiger partial charge in [-0.3, -0.25) is 0 Å². The fourth-order valence-corrected chi connectivity index (χ4v) is 1.43. The van der Waals surface area contributed by atoms with Crippen LogP contribution >= 0.6 is 0 Å². The lowest BCUT2D eigenvalue weighted by Crippen LogP contribution is -2.65. The van der Waals surface area contributed by atoms with Crippen LogP contribution in [0.1, 0.15) is 0 Å². The van der Waals surface area contributed by atoms with Crippen molar-refractivity contribution in [1.29, 1.82) is 0 Å². The van der Waals surface area contributed by atoms with Gasteiger partial charge in [-0.15, -0.1) is 0 Å². The third-order valence-electron chi connectivity index (χ3n) is 2.16. The summed E-state index contributed by atoms with van der Waals surface area (Å²) >= 11 is 0. The second-order valence-electron chi connectivity index (χ2n) is 2.78. The molecule has 0 aliphatic carbocycles. The van der Waals surface area contributed by atoms with Crippen LogP contribution in [0.3, 0.4) is 0 Å². The number of rotatable bonds is 0. The van der Waals surface area contributed by atoms with Gasteiger partial charge in [0.05, 0.1) is 0 Å². The van der Waals surface area contributed by atoms with Crippen molar-refractivity contribution in [1.82, 2.24) is 16.0 Å². The molecular formula is C6H13N3. The molecule has 0 radical (unpaired) electrons. The molecule has 2 rings (SSSR count). The first-order valence-electron chi connectivity index (χ1n) is 3.64. The predicted molar refractivity (Wildman–Crippen MR) is 36.5 cm³/mol. The molecule has 2 saturated heterocycles. The maximum Gasteiger partial charge on any atom is 0.0359 e. The molecule has 2 unspecified atom stereocenters. The van der Waals surface area contributed by atoms with E-state index in [9.17, 15) is 0 Å². The summed E-state index contributed by atoms with van der Waals surface area (Å²) in [6.07, 6.45) is 0. The van der Waals surface area contributed by atoms with Crippen molar-refractivity contribution in [3.05, 3.63) is 0 Å². The normalized spacial score (nSPS) is 42.7. The van der Waals surface area contributed by atoms with Crippen LogP contribution in [0.4, 0.5) is 0 Å². The van der Waals surface area contributed by atoms with E-state index in [-0.39, 0.29) is 0 Å². The van der Waals surface area contributed by atoms with Crippen LogP contribution in [-0.4, -0.2) is 38.3 Å². The minimum absolute atomic E-state index is 0.701. The summed E-state index contributed by atoms with van der Waals surface area (Å²) in [6.45, 7) is 4.54. The van der Waals surface area contributed by atoms with Crippen LogP contribution in [0.2, 0.25) is 0 Å². The Balaban J connectivity index is 1.90. The van der Waals surface area contributed by atoms with E-state index in [2.05, 4.69) is 16.0 Å². The van der Waals surface area contributed by atoms with Crippen molar-refractivity contribution >= 4 is 0 Å². The second kappa shape index (κ2) is 2.25. The largest absolute Gasteiger partial charge is 0.314 e.